The molecule has 0 radical (unpaired) electrons. The maximum absolute atomic E-state index is 3.92. The highest BCUT2D eigenvalue weighted by atomic mass is 15.7. The molecule has 0 aliphatic heterocycles. The van der Waals surface area contributed by atoms with E-state index >= 15 is 0 Å². The van der Waals surface area contributed by atoms with Crippen LogP contribution in [0.3, 0.4) is 0 Å². The third-order valence-corrected chi connectivity index (χ3v) is 1.41. The van der Waals surface area contributed by atoms with Gasteiger partial charge in [-0.25, -0.2) is 9.97 Å². The fourth-order valence-electron chi connectivity index (χ4n) is 0.838. The van der Waals surface area contributed by atoms with Crippen molar-refractivity contribution in [1.82, 2.24) is 29.7 Å². The summed E-state index contributed by atoms with van der Waals surface area (Å²) in [5, 5.41) is 15.3. The van der Waals surface area contributed by atoms with Gasteiger partial charge in [0.25, 0.3) is 0 Å². The van der Waals surface area contributed by atoms with Gasteiger partial charge in [-0.15, -0.1) is 19.8 Å². The van der Waals surface area contributed by atoms with Gasteiger partial charge < -0.3 is 0 Å². The molecule has 2 aromatic rings. The zero-order valence-electron chi connectivity index (χ0n) is 7.73. The Hall–Kier alpha value is -2.12. The number of rotatable bonds is 2. The molecule has 72 valence electrons. The monoisotopic (exact) mass is 192 g/mol. The lowest BCUT2D eigenvalue weighted by Crippen LogP contribution is -1.92. The minimum absolute atomic E-state index is 0.638. The van der Waals surface area contributed by atoms with E-state index in [2.05, 4.69) is 30.6 Å². The minimum Gasteiger partial charge on any atom is -0.218 e. The van der Waals surface area contributed by atoms with Crippen molar-refractivity contribution in [3.05, 3.63) is 24.3 Å². The summed E-state index contributed by atoms with van der Waals surface area (Å²) < 4.78 is 0. The molecule has 0 unspecified atom stereocenters. The number of hydrogen-bond acceptors (Lipinski definition) is 6. The summed E-state index contributed by atoms with van der Waals surface area (Å²) in [6.45, 7) is 3.54. The van der Waals surface area contributed by atoms with Crippen molar-refractivity contribution >= 4 is 0 Å². The zero-order valence-corrected chi connectivity index (χ0v) is 7.73. The van der Waals surface area contributed by atoms with Gasteiger partial charge >= 0.3 is 0 Å². The topological polar surface area (TPSA) is 86.1 Å². The molecule has 2 aromatic heterocycles. The highest BCUT2D eigenvalue weighted by Gasteiger charge is 1.93. The number of aromatic nitrogens is 6. The van der Waals surface area contributed by atoms with Crippen molar-refractivity contribution in [1.29, 1.82) is 0 Å². The highest BCUT2D eigenvalue weighted by molar-refractivity contribution is 4.74. The molecule has 2 heterocycles. The molecule has 0 aromatic carbocycles. The second-order valence-corrected chi connectivity index (χ2v) is 2.60. The predicted molar refractivity (Wildman–Crippen MR) is 45.2 cm³/mol. The lowest BCUT2D eigenvalue weighted by atomic mass is 10.8. The Morgan fingerprint density at radius 1 is 0.929 bits per heavy atom. The van der Waals surface area contributed by atoms with Crippen molar-refractivity contribution < 1.29 is 0 Å². The van der Waals surface area contributed by atoms with E-state index in [-0.39, 0.29) is 0 Å². The maximum atomic E-state index is 3.92. The lowest BCUT2D eigenvalue weighted by molar-refractivity contribution is 0.583. The Morgan fingerprint density at radius 3 is 1.64 bits per heavy atom. The van der Waals surface area contributed by atoms with Gasteiger partial charge in [0.15, 0.2) is 0 Å². The van der Waals surface area contributed by atoms with Crippen molar-refractivity contribution in [2.24, 2.45) is 10.4 Å². The normalized spacial score (nSPS) is 11.3. The first kappa shape index (κ1) is 8.48. The molecule has 0 bridgehead atoms. The highest BCUT2D eigenvalue weighted by Crippen LogP contribution is 1.89. The second-order valence-electron chi connectivity index (χ2n) is 2.60. The molecule has 0 saturated heterocycles. The van der Waals surface area contributed by atoms with Crippen molar-refractivity contribution in [2.45, 2.75) is 13.8 Å². The van der Waals surface area contributed by atoms with Gasteiger partial charge in [0.1, 0.15) is 24.3 Å². The Morgan fingerprint density at radius 2 is 1.36 bits per heavy atom. The first-order valence-electron chi connectivity index (χ1n) is 3.93. The first-order chi connectivity index (χ1) is 6.74. The van der Waals surface area contributed by atoms with Crippen LogP contribution in [0.25, 0.3) is 0 Å². The standard InChI is InChI=1S/C6H8N8/c1-5-7-3-13(9-5)11-12-14-4-8-6(2)10-14/h3-4H,1-2H3/b12-11+. The summed E-state index contributed by atoms with van der Waals surface area (Å²) in [6.07, 6.45) is 2.92. The number of hydrogen-bond donors (Lipinski definition) is 0. The van der Waals surface area contributed by atoms with Crippen molar-refractivity contribution in [3.63, 3.8) is 0 Å². The van der Waals surface area contributed by atoms with Gasteiger partial charge in [-0.05, 0) is 24.3 Å². The maximum Gasteiger partial charge on any atom is 0.149 e. The molecule has 0 amide bonds. The average molecular weight is 192 g/mol. The van der Waals surface area contributed by atoms with E-state index in [0.717, 1.165) is 0 Å². The zero-order chi connectivity index (χ0) is 9.97. The summed E-state index contributed by atoms with van der Waals surface area (Å²) >= 11 is 0. The van der Waals surface area contributed by atoms with Crippen LogP contribution in [0, 0.1) is 13.8 Å². The molecule has 8 heteroatoms. The van der Waals surface area contributed by atoms with E-state index in [1.807, 2.05) is 0 Å². The van der Waals surface area contributed by atoms with E-state index in [0.29, 0.717) is 11.6 Å². The predicted octanol–water partition coefficient (Wildman–Crippen LogP) is 0.165. The Balaban J connectivity index is 2.14. The Bertz CT molecular complexity index is 410. The summed E-state index contributed by atoms with van der Waals surface area (Å²) in [6, 6.07) is 0. The van der Waals surface area contributed by atoms with Gasteiger partial charge in [-0.1, -0.05) is 0 Å². The van der Waals surface area contributed by atoms with E-state index in [4.69, 9.17) is 0 Å². The van der Waals surface area contributed by atoms with E-state index in [1.54, 1.807) is 13.8 Å². The summed E-state index contributed by atoms with van der Waals surface area (Å²) in [4.78, 5) is 10.3. The SMILES string of the molecule is Cc1ncn(/N=N/n2cnc(C)n2)n1. The van der Waals surface area contributed by atoms with Crippen molar-refractivity contribution in [3.8, 4) is 0 Å². The van der Waals surface area contributed by atoms with Gasteiger partial charge in [0.2, 0.25) is 0 Å². The third kappa shape index (κ3) is 1.79. The van der Waals surface area contributed by atoms with Gasteiger partial charge in [-0.3, -0.25) is 0 Å². The van der Waals surface area contributed by atoms with Crippen LogP contribution in [0.5, 0.6) is 0 Å². The van der Waals surface area contributed by atoms with E-state index in [1.165, 1.54) is 22.2 Å². The molecule has 0 saturated carbocycles. The molecule has 0 aliphatic carbocycles. The molecule has 8 nitrogen and oxygen atoms in total. The molecule has 2 rings (SSSR count). The molecule has 0 fully saturated rings. The fourth-order valence-corrected chi connectivity index (χ4v) is 0.838. The molecule has 0 spiro atoms. The summed E-state index contributed by atoms with van der Waals surface area (Å²) in [5.41, 5.74) is 0. The number of nitrogens with zero attached hydrogens (tertiary/aromatic N) is 8. The van der Waals surface area contributed by atoms with E-state index in [9.17, 15) is 0 Å². The Kier molecular flexibility index (Phi) is 2.01. The van der Waals surface area contributed by atoms with Crippen LogP contribution < -0.4 is 0 Å². The molecule has 0 aliphatic rings. The van der Waals surface area contributed by atoms with Gasteiger partial charge in [-0.2, -0.15) is 0 Å². The van der Waals surface area contributed by atoms with Gasteiger partial charge in [0, 0.05) is 0 Å². The van der Waals surface area contributed by atoms with Crippen LogP contribution in [0.2, 0.25) is 0 Å². The second kappa shape index (κ2) is 3.32. The molecule has 0 atom stereocenters. The summed E-state index contributed by atoms with van der Waals surface area (Å²) in [7, 11) is 0. The molecule has 14 heavy (non-hydrogen) atoms. The lowest BCUT2D eigenvalue weighted by Gasteiger charge is -1.86. The summed E-state index contributed by atoms with van der Waals surface area (Å²) in [5.74, 6) is 1.28. The van der Waals surface area contributed by atoms with Crippen LogP contribution in [-0.2, 0) is 0 Å². The van der Waals surface area contributed by atoms with Crippen LogP contribution >= 0.6 is 0 Å². The minimum atomic E-state index is 0.638. The Labute approximate surface area is 79.3 Å². The third-order valence-electron chi connectivity index (χ3n) is 1.41. The van der Waals surface area contributed by atoms with E-state index < -0.39 is 0 Å². The van der Waals surface area contributed by atoms with Crippen LogP contribution in [0.15, 0.2) is 23.1 Å². The van der Waals surface area contributed by atoms with Crippen LogP contribution in [0.4, 0.5) is 0 Å². The largest absolute Gasteiger partial charge is 0.218 e. The quantitative estimate of drug-likeness (QED) is 0.634. The van der Waals surface area contributed by atoms with Gasteiger partial charge in [0.05, 0.1) is 0 Å². The smallest absolute Gasteiger partial charge is 0.149 e. The molecule has 0 N–H and O–H groups in total. The average Bonchev–Trinajstić information content (AvgIpc) is 2.72. The fraction of sp³-hybridized carbons (Fsp3) is 0.333. The van der Waals surface area contributed by atoms with Crippen LogP contribution in [0.1, 0.15) is 11.6 Å². The van der Waals surface area contributed by atoms with Crippen molar-refractivity contribution in [2.75, 3.05) is 0 Å². The molecular weight excluding hydrogens is 184 g/mol. The van der Waals surface area contributed by atoms with Crippen LogP contribution in [-0.4, -0.2) is 29.7 Å². The first-order valence-corrected chi connectivity index (χ1v) is 3.93. The molecular formula is C6H8N8. The number of aryl methyl sites for hydroxylation is 2.